The van der Waals surface area contributed by atoms with Crippen LogP contribution in [0.15, 0.2) is 35.4 Å². The van der Waals surface area contributed by atoms with Gasteiger partial charge in [0.1, 0.15) is 0 Å². The minimum atomic E-state index is -0.670. The number of rotatable bonds is 5. The van der Waals surface area contributed by atoms with Crippen molar-refractivity contribution in [3.63, 3.8) is 0 Å². The maximum Gasteiger partial charge on any atom is 0.271 e. The first-order valence-corrected chi connectivity index (χ1v) is 9.22. The zero-order valence-electron chi connectivity index (χ0n) is 13.6. The molecule has 2 rings (SSSR count). The van der Waals surface area contributed by atoms with Gasteiger partial charge < -0.3 is 0 Å². The zero-order valence-corrected chi connectivity index (χ0v) is 17.4. The molecule has 0 aliphatic heterocycles. The maximum atomic E-state index is 12.1. The number of hydrazone groups is 1. The van der Waals surface area contributed by atoms with Gasteiger partial charge in [-0.1, -0.05) is 70.1 Å². The van der Waals surface area contributed by atoms with Crippen LogP contribution in [-0.4, -0.2) is 23.2 Å². The van der Waals surface area contributed by atoms with Crippen molar-refractivity contribution in [2.24, 2.45) is 5.10 Å². The fourth-order valence-corrected chi connectivity index (χ4v) is 3.16. The molecule has 0 heterocycles. The van der Waals surface area contributed by atoms with E-state index in [-0.39, 0.29) is 30.7 Å². The van der Waals surface area contributed by atoms with Crippen LogP contribution in [-0.2, 0) is 4.79 Å². The molecular weight excluding hydrogens is 471 g/mol. The number of hydrogen-bond donors (Lipinski definition) is 3. The van der Waals surface area contributed by atoms with E-state index in [9.17, 15) is 9.59 Å². The average Bonchev–Trinajstić information content (AvgIpc) is 2.71. The van der Waals surface area contributed by atoms with E-state index >= 15 is 0 Å². The number of carbonyl (C=O) groups is 2. The SMILES string of the molecule is O=C(C=Cc1ccc(C(=O)NN=Cc2c(Cl)c(Cl)c(Cl)c(Cl)c2Cl)cc1)NO. The largest absolute Gasteiger partial charge is 0.288 e. The van der Waals surface area contributed by atoms with Gasteiger partial charge in [-0.3, -0.25) is 14.8 Å². The second-order valence-corrected chi connectivity index (χ2v) is 7.00. The third-order valence-corrected chi connectivity index (χ3v) is 5.62. The topological polar surface area (TPSA) is 90.8 Å². The van der Waals surface area contributed by atoms with Gasteiger partial charge in [0, 0.05) is 17.2 Å². The highest BCUT2D eigenvalue weighted by atomic mass is 35.5. The highest BCUT2D eigenvalue weighted by Gasteiger charge is 2.18. The molecule has 0 aromatic heterocycles. The number of carbonyl (C=O) groups excluding carboxylic acids is 2. The van der Waals surface area contributed by atoms with Crippen molar-refractivity contribution in [1.29, 1.82) is 0 Å². The Balaban J connectivity index is 2.11. The summed E-state index contributed by atoms with van der Waals surface area (Å²) in [5.74, 6) is -1.17. The summed E-state index contributed by atoms with van der Waals surface area (Å²) < 4.78 is 0. The maximum absolute atomic E-state index is 12.1. The number of amides is 2. The summed E-state index contributed by atoms with van der Waals surface area (Å²) in [4.78, 5) is 23.1. The number of hydrogen-bond acceptors (Lipinski definition) is 4. The molecule has 2 aromatic rings. The minimum Gasteiger partial charge on any atom is -0.288 e. The molecule has 0 unspecified atom stereocenters. The predicted molar refractivity (Wildman–Crippen MR) is 112 cm³/mol. The quantitative estimate of drug-likeness (QED) is 0.136. The van der Waals surface area contributed by atoms with Gasteiger partial charge >= 0.3 is 0 Å². The number of hydroxylamine groups is 1. The van der Waals surface area contributed by atoms with Gasteiger partial charge in [-0.05, 0) is 23.8 Å². The predicted octanol–water partition coefficient (Wildman–Crippen LogP) is 5.24. The van der Waals surface area contributed by atoms with E-state index in [1.54, 1.807) is 12.1 Å². The zero-order chi connectivity index (χ0) is 20.8. The van der Waals surface area contributed by atoms with E-state index < -0.39 is 11.8 Å². The van der Waals surface area contributed by atoms with Crippen molar-refractivity contribution in [3.8, 4) is 0 Å². The Morgan fingerprint density at radius 3 is 1.96 bits per heavy atom. The van der Waals surface area contributed by atoms with Crippen LogP contribution in [0.3, 0.4) is 0 Å². The lowest BCUT2D eigenvalue weighted by Gasteiger charge is -2.08. The third-order valence-electron chi connectivity index (χ3n) is 3.31. The Morgan fingerprint density at radius 2 is 1.43 bits per heavy atom. The van der Waals surface area contributed by atoms with Crippen LogP contribution in [0.4, 0.5) is 0 Å². The summed E-state index contributed by atoms with van der Waals surface area (Å²) in [5, 5.41) is 12.4. The van der Waals surface area contributed by atoms with Crippen molar-refractivity contribution in [1.82, 2.24) is 10.9 Å². The van der Waals surface area contributed by atoms with Crippen LogP contribution < -0.4 is 10.9 Å². The van der Waals surface area contributed by atoms with Crippen molar-refractivity contribution in [2.75, 3.05) is 0 Å². The van der Waals surface area contributed by atoms with Crippen LogP contribution in [0, 0.1) is 0 Å². The molecule has 146 valence electrons. The summed E-state index contributed by atoms with van der Waals surface area (Å²) in [7, 11) is 0. The van der Waals surface area contributed by atoms with Gasteiger partial charge in [0.05, 0.1) is 31.3 Å². The molecule has 11 heteroatoms. The Labute approximate surface area is 184 Å². The first-order valence-electron chi connectivity index (χ1n) is 7.33. The van der Waals surface area contributed by atoms with Gasteiger partial charge in [0.2, 0.25) is 0 Å². The number of nitrogens with zero attached hydrogens (tertiary/aromatic N) is 1. The van der Waals surface area contributed by atoms with Crippen molar-refractivity contribution < 1.29 is 14.8 Å². The highest BCUT2D eigenvalue weighted by molar-refractivity contribution is 6.56. The standard InChI is InChI=1S/C17H10Cl5N3O3/c18-12-10(13(19)15(21)16(22)14(12)20)7-23-24-17(27)9-4-1-8(2-5-9)3-6-11(26)25-28/h1-7,28H,(H,24,27)(H,25,26). The van der Waals surface area contributed by atoms with E-state index in [0.29, 0.717) is 11.1 Å². The first-order chi connectivity index (χ1) is 13.3. The molecule has 0 atom stereocenters. The van der Waals surface area contributed by atoms with E-state index in [0.717, 1.165) is 6.08 Å². The Hall–Kier alpha value is -1.80. The molecule has 0 radical (unpaired) electrons. The molecule has 0 bridgehead atoms. The van der Waals surface area contributed by atoms with Gasteiger partial charge in [0.15, 0.2) is 0 Å². The Bertz CT molecular complexity index is 946. The molecule has 2 amide bonds. The number of halogens is 5. The number of nitrogens with one attached hydrogen (secondary N) is 2. The molecule has 0 saturated carbocycles. The normalized spacial score (nSPS) is 11.2. The van der Waals surface area contributed by atoms with E-state index in [1.807, 2.05) is 0 Å². The fourth-order valence-electron chi connectivity index (χ4n) is 1.91. The van der Waals surface area contributed by atoms with Gasteiger partial charge in [-0.15, -0.1) is 0 Å². The van der Waals surface area contributed by atoms with E-state index in [2.05, 4.69) is 10.5 Å². The summed E-state index contributed by atoms with van der Waals surface area (Å²) >= 11 is 30.0. The molecular formula is C17H10Cl5N3O3. The third kappa shape index (κ3) is 5.38. The van der Waals surface area contributed by atoms with Crippen molar-refractivity contribution in [3.05, 3.63) is 72.1 Å². The molecule has 0 aliphatic rings. The molecule has 28 heavy (non-hydrogen) atoms. The van der Waals surface area contributed by atoms with Crippen LogP contribution in [0.1, 0.15) is 21.5 Å². The summed E-state index contributed by atoms with van der Waals surface area (Å²) in [6.07, 6.45) is 3.79. The molecule has 0 fully saturated rings. The number of benzene rings is 2. The van der Waals surface area contributed by atoms with Gasteiger partial charge in [0.25, 0.3) is 11.8 Å². The highest BCUT2D eigenvalue weighted by Crippen LogP contribution is 2.43. The second-order valence-electron chi connectivity index (χ2n) is 5.11. The lowest BCUT2D eigenvalue weighted by atomic mass is 10.1. The summed E-state index contributed by atoms with van der Waals surface area (Å²) in [5.41, 5.74) is 4.94. The van der Waals surface area contributed by atoms with Crippen LogP contribution in [0.25, 0.3) is 6.08 Å². The molecule has 2 aromatic carbocycles. The Morgan fingerprint density at radius 1 is 0.893 bits per heavy atom. The smallest absolute Gasteiger partial charge is 0.271 e. The lowest BCUT2D eigenvalue weighted by Crippen LogP contribution is -2.17. The molecule has 0 aliphatic carbocycles. The van der Waals surface area contributed by atoms with E-state index in [4.69, 9.17) is 63.2 Å². The van der Waals surface area contributed by atoms with Crippen molar-refractivity contribution in [2.45, 2.75) is 0 Å². The van der Waals surface area contributed by atoms with Crippen LogP contribution in [0.5, 0.6) is 0 Å². The first kappa shape index (κ1) is 22.5. The minimum absolute atomic E-state index is 0.0176. The van der Waals surface area contributed by atoms with Crippen molar-refractivity contribution >= 4 is 82.1 Å². The monoisotopic (exact) mass is 479 g/mol. The van der Waals surface area contributed by atoms with Gasteiger partial charge in [-0.25, -0.2) is 10.9 Å². The average molecular weight is 482 g/mol. The molecule has 3 N–H and O–H groups in total. The summed E-state index contributed by atoms with van der Waals surface area (Å²) in [6, 6.07) is 6.26. The lowest BCUT2D eigenvalue weighted by molar-refractivity contribution is -0.124. The van der Waals surface area contributed by atoms with E-state index in [1.165, 1.54) is 29.9 Å². The second kappa shape index (κ2) is 10.1. The molecule has 0 saturated heterocycles. The fraction of sp³-hybridized carbons (Fsp3) is 0. The molecule has 0 spiro atoms. The van der Waals surface area contributed by atoms with Crippen LogP contribution >= 0.6 is 58.0 Å². The molecule has 6 nitrogen and oxygen atoms in total. The van der Waals surface area contributed by atoms with Crippen LogP contribution in [0.2, 0.25) is 25.1 Å². The Kier molecular flexibility index (Phi) is 8.12. The summed E-state index contributed by atoms with van der Waals surface area (Å²) in [6.45, 7) is 0. The van der Waals surface area contributed by atoms with Gasteiger partial charge in [-0.2, -0.15) is 5.10 Å².